The minimum Gasteiger partial charge on any atom is -0.377 e. The van der Waals surface area contributed by atoms with E-state index >= 15 is 0 Å². The van der Waals surface area contributed by atoms with Crippen LogP contribution in [0.1, 0.15) is 46.0 Å². The average molecular weight is 185 g/mol. The predicted octanol–water partition coefficient (Wildman–Crippen LogP) is 2.32. The number of rotatable bonds is 5. The highest BCUT2D eigenvalue weighted by molar-refractivity contribution is 4.73. The fraction of sp³-hybridized carbons (Fsp3) is 1.00. The van der Waals surface area contributed by atoms with E-state index in [2.05, 4.69) is 13.8 Å². The summed E-state index contributed by atoms with van der Waals surface area (Å²) < 4.78 is 5.49. The van der Waals surface area contributed by atoms with E-state index in [9.17, 15) is 0 Å². The van der Waals surface area contributed by atoms with Gasteiger partial charge in [-0.2, -0.15) is 0 Å². The Labute approximate surface area is 81.8 Å². The molecule has 1 rings (SSSR count). The Morgan fingerprint density at radius 3 is 2.46 bits per heavy atom. The number of hydrogen-bond acceptors (Lipinski definition) is 2. The third-order valence-corrected chi connectivity index (χ3v) is 2.75. The van der Waals surface area contributed by atoms with Crippen molar-refractivity contribution in [2.45, 2.75) is 58.1 Å². The highest BCUT2D eigenvalue weighted by Gasteiger charge is 2.18. The van der Waals surface area contributed by atoms with Crippen LogP contribution in [0.25, 0.3) is 0 Å². The van der Waals surface area contributed by atoms with Crippen LogP contribution in [-0.2, 0) is 4.74 Å². The maximum absolute atomic E-state index is 5.98. The van der Waals surface area contributed by atoms with Crippen LogP contribution < -0.4 is 5.73 Å². The van der Waals surface area contributed by atoms with Crippen molar-refractivity contribution in [2.75, 3.05) is 6.61 Å². The highest BCUT2D eigenvalue weighted by atomic mass is 16.5. The van der Waals surface area contributed by atoms with Crippen LogP contribution in [0.3, 0.4) is 0 Å². The van der Waals surface area contributed by atoms with E-state index in [1.165, 1.54) is 25.7 Å². The molecule has 0 amide bonds. The Bertz CT molecular complexity index is 130. The zero-order chi connectivity index (χ0) is 9.68. The van der Waals surface area contributed by atoms with Crippen molar-refractivity contribution in [3.63, 3.8) is 0 Å². The maximum atomic E-state index is 5.98. The summed E-state index contributed by atoms with van der Waals surface area (Å²) in [6.45, 7) is 4.85. The predicted molar refractivity (Wildman–Crippen MR) is 55.6 cm³/mol. The SMILES string of the molecule is CC(C)OCC(N)CC1CCCC1. The zero-order valence-electron chi connectivity index (χ0n) is 8.96. The fourth-order valence-electron chi connectivity index (χ4n) is 2.06. The molecule has 2 N–H and O–H groups in total. The second-order valence-electron chi connectivity index (χ2n) is 4.53. The summed E-state index contributed by atoms with van der Waals surface area (Å²) in [6.07, 6.45) is 7.05. The minimum absolute atomic E-state index is 0.255. The number of hydrogen-bond donors (Lipinski definition) is 1. The Morgan fingerprint density at radius 1 is 1.31 bits per heavy atom. The second kappa shape index (κ2) is 5.61. The molecule has 0 heterocycles. The maximum Gasteiger partial charge on any atom is 0.0621 e. The van der Waals surface area contributed by atoms with Crippen molar-refractivity contribution in [3.05, 3.63) is 0 Å². The normalized spacial score (nSPS) is 21.2. The van der Waals surface area contributed by atoms with Crippen LogP contribution in [0.2, 0.25) is 0 Å². The molecule has 0 spiro atoms. The lowest BCUT2D eigenvalue weighted by Crippen LogP contribution is -2.29. The van der Waals surface area contributed by atoms with Crippen LogP contribution in [0, 0.1) is 5.92 Å². The van der Waals surface area contributed by atoms with Gasteiger partial charge in [-0.1, -0.05) is 25.7 Å². The first-order valence-corrected chi connectivity index (χ1v) is 5.55. The quantitative estimate of drug-likeness (QED) is 0.713. The molecule has 1 unspecified atom stereocenters. The molecule has 0 aromatic rings. The topological polar surface area (TPSA) is 35.2 Å². The molecule has 0 aromatic heterocycles. The molecule has 2 nitrogen and oxygen atoms in total. The van der Waals surface area contributed by atoms with E-state index in [0.717, 1.165) is 18.9 Å². The molecule has 1 aliphatic rings. The molecule has 0 saturated heterocycles. The van der Waals surface area contributed by atoms with Crippen molar-refractivity contribution >= 4 is 0 Å². The molecule has 0 bridgehead atoms. The first-order chi connectivity index (χ1) is 6.18. The molecule has 13 heavy (non-hydrogen) atoms. The van der Waals surface area contributed by atoms with Gasteiger partial charge >= 0.3 is 0 Å². The highest BCUT2D eigenvalue weighted by Crippen LogP contribution is 2.28. The van der Waals surface area contributed by atoms with Crippen LogP contribution in [0.15, 0.2) is 0 Å². The lowest BCUT2D eigenvalue weighted by molar-refractivity contribution is 0.0640. The summed E-state index contributed by atoms with van der Waals surface area (Å²) in [7, 11) is 0. The molecule has 1 saturated carbocycles. The minimum atomic E-state index is 0.255. The standard InChI is InChI=1S/C11H23NO/c1-9(2)13-8-11(12)7-10-5-3-4-6-10/h9-11H,3-8,12H2,1-2H3. The van der Waals surface area contributed by atoms with Gasteiger partial charge in [0.05, 0.1) is 12.7 Å². The lowest BCUT2D eigenvalue weighted by atomic mass is 9.99. The Morgan fingerprint density at radius 2 is 1.92 bits per heavy atom. The molecule has 2 heteroatoms. The van der Waals surface area contributed by atoms with Gasteiger partial charge in [-0.3, -0.25) is 0 Å². The molecular weight excluding hydrogens is 162 g/mol. The molecule has 78 valence electrons. The molecule has 0 aliphatic heterocycles. The van der Waals surface area contributed by atoms with Crippen LogP contribution in [0.4, 0.5) is 0 Å². The van der Waals surface area contributed by atoms with Gasteiger partial charge in [-0.15, -0.1) is 0 Å². The molecule has 0 aromatic carbocycles. The van der Waals surface area contributed by atoms with Crippen molar-refractivity contribution in [1.82, 2.24) is 0 Å². The Hall–Kier alpha value is -0.0800. The summed E-state index contributed by atoms with van der Waals surface area (Å²) >= 11 is 0. The third-order valence-electron chi connectivity index (χ3n) is 2.75. The van der Waals surface area contributed by atoms with Crippen molar-refractivity contribution in [3.8, 4) is 0 Å². The van der Waals surface area contributed by atoms with Gasteiger partial charge in [0, 0.05) is 6.04 Å². The summed E-state index contributed by atoms with van der Waals surface area (Å²) in [5.74, 6) is 0.880. The van der Waals surface area contributed by atoms with E-state index in [1.807, 2.05) is 0 Å². The van der Waals surface area contributed by atoms with Crippen molar-refractivity contribution in [2.24, 2.45) is 11.7 Å². The molecule has 1 aliphatic carbocycles. The average Bonchev–Trinajstić information content (AvgIpc) is 2.53. The van der Waals surface area contributed by atoms with E-state index < -0.39 is 0 Å². The van der Waals surface area contributed by atoms with Gasteiger partial charge in [0.25, 0.3) is 0 Å². The molecule has 1 atom stereocenters. The number of ether oxygens (including phenoxy) is 1. The van der Waals surface area contributed by atoms with Gasteiger partial charge in [-0.25, -0.2) is 0 Å². The first-order valence-electron chi connectivity index (χ1n) is 5.55. The molecule has 1 fully saturated rings. The summed E-state index contributed by atoms with van der Waals surface area (Å²) in [5, 5.41) is 0. The molecule has 0 radical (unpaired) electrons. The van der Waals surface area contributed by atoms with Gasteiger partial charge in [0.15, 0.2) is 0 Å². The van der Waals surface area contributed by atoms with E-state index in [4.69, 9.17) is 10.5 Å². The number of nitrogens with two attached hydrogens (primary N) is 1. The smallest absolute Gasteiger partial charge is 0.0621 e. The summed E-state index contributed by atoms with van der Waals surface area (Å²) in [4.78, 5) is 0. The van der Waals surface area contributed by atoms with Crippen molar-refractivity contribution < 1.29 is 4.74 Å². The largest absolute Gasteiger partial charge is 0.377 e. The van der Waals surface area contributed by atoms with Gasteiger partial charge < -0.3 is 10.5 Å². The third kappa shape index (κ3) is 4.63. The first kappa shape index (κ1) is 11.0. The second-order valence-corrected chi connectivity index (χ2v) is 4.53. The van der Waals surface area contributed by atoms with E-state index in [-0.39, 0.29) is 6.04 Å². The van der Waals surface area contributed by atoms with Crippen LogP contribution >= 0.6 is 0 Å². The van der Waals surface area contributed by atoms with Crippen LogP contribution in [-0.4, -0.2) is 18.8 Å². The summed E-state index contributed by atoms with van der Waals surface area (Å²) in [6, 6.07) is 0.255. The van der Waals surface area contributed by atoms with Crippen LogP contribution in [0.5, 0.6) is 0 Å². The van der Waals surface area contributed by atoms with E-state index in [0.29, 0.717) is 6.10 Å². The summed E-state index contributed by atoms with van der Waals surface area (Å²) in [5.41, 5.74) is 5.98. The van der Waals surface area contributed by atoms with E-state index in [1.54, 1.807) is 0 Å². The Kier molecular flexibility index (Phi) is 4.74. The van der Waals surface area contributed by atoms with Crippen molar-refractivity contribution in [1.29, 1.82) is 0 Å². The van der Waals surface area contributed by atoms with Gasteiger partial charge in [0.2, 0.25) is 0 Å². The zero-order valence-corrected chi connectivity index (χ0v) is 8.96. The van der Waals surface area contributed by atoms with Gasteiger partial charge in [0.1, 0.15) is 0 Å². The van der Waals surface area contributed by atoms with Gasteiger partial charge in [-0.05, 0) is 26.2 Å². The Balaban J connectivity index is 2.05. The molecular formula is C11H23NO. The monoisotopic (exact) mass is 185 g/mol. The fourth-order valence-corrected chi connectivity index (χ4v) is 2.06. The lowest BCUT2D eigenvalue weighted by Gasteiger charge is -2.17.